The molecule has 0 aliphatic heterocycles. The number of rotatable bonds is 0. The van der Waals surface area contributed by atoms with Gasteiger partial charge in [-0.3, -0.25) is 10.8 Å². The summed E-state index contributed by atoms with van der Waals surface area (Å²) >= 11 is 0. The van der Waals surface area contributed by atoms with Crippen LogP contribution < -0.4 is 33.1 Å². The van der Waals surface area contributed by atoms with E-state index < -0.39 is 12.3 Å². The van der Waals surface area contributed by atoms with Gasteiger partial charge in [0.2, 0.25) is 0 Å². The van der Waals surface area contributed by atoms with Crippen molar-refractivity contribution in [2.45, 2.75) is 0 Å². The van der Waals surface area contributed by atoms with E-state index in [0.717, 1.165) is 0 Å². The van der Waals surface area contributed by atoms with E-state index in [9.17, 15) is 0 Å². The van der Waals surface area contributed by atoms with E-state index in [2.05, 4.69) is 22.9 Å². The molecule has 0 atom stereocenters. The first kappa shape index (κ1) is 50.4. The summed E-state index contributed by atoms with van der Waals surface area (Å²) in [6, 6.07) is 0. The Morgan fingerprint density at radius 2 is 0.800 bits per heavy atom. The molecule has 14 N–H and O–H groups in total. The zero-order chi connectivity index (χ0) is 14.3. The third-order valence-corrected chi connectivity index (χ3v) is 0. The van der Waals surface area contributed by atoms with Crippen molar-refractivity contribution in [3.8, 4) is 0 Å². The zero-order valence-corrected chi connectivity index (χ0v) is 14.6. The molecular formula is C4H14Ca2N6O8. The molecule has 16 heteroatoms. The van der Waals surface area contributed by atoms with Crippen molar-refractivity contribution < 1.29 is 41.0 Å². The van der Waals surface area contributed by atoms with Crippen LogP contribution in [0.4, 0.5) is 9.59 Å². The van der Waals surface area contributed by atoms with Crippen LogP contribution in [-0.2, 0) is 0 Å². The van der Waals surface area contributed by atoms with Gasteiger partial charge in [-0.2, -0.15) is 0 Å². The summed E-state index contributed by atoms with van der Waals surface area (Å²) in [5.41, 5.74) is 17.9. The fourth-order valence-corrected chi connectivity index (χ4v) is 0. The fourth-order valence-electron chi connectivity index (χ4n) is 0. The normalized spacial score (nSPS) is 4.80. The number of guanidine groups is 2. The Labute approximate surface area is 172 Å². The van der Waals surface area contributed by atoms with Crippen LogP contribution in [0.25, 0.3) is 0 Å². The molecule has 20 heavy (non-hydrogen) atoms. The minimum Gasteiger partial charge on any atom is -0.870 e. The van der Waals surface area contributed by atoms with Crippen molar-refractivity contribution in [1.82, 2.24) is 0 Å². The quantitative estimate of drug-likeness (QED) is 0.114. The molecule has 0 radical (unpaired) electrons. The van der Waals surface area contributed by atoms with Gasteiger partial charge in [0.25, 0.3) is 0 Å². The van der Waals surface area contributed by atoms with Gasteiger partial charge < -0.3 is 59.1 Å². The van der Waals surface area contributed by atoms with Gasteiger partial charge in [-0.25, -0.2) is 4.79 Å². The maximum atomic E-state index is 8.56. The van der Waals surface area contributed by atoms with Gasteiger partial charge in [-0.15, -0.1) is 0 Å². The number of nitrogens with one attached hydrogen (secondary N) is 2. The standard InChI is InChI=1S/2CH5N3.2CH2O3.2Ca.2H2O/c4*2-1(3)4;;;;/h2*(H5,2,3,4);2*(H2,2,3,4);;;2*1H2/q;;;;2*+2;;/p-4. The first-order valence-corrected chi connectivity index (χ1v) is 2.92. The van der Waals surface area contributed by atoms with Crippen molar-refractivity contribution in [3.05, 3.63) is 0 Å². The van der Waals surface area contributed by atoms with Crippen LogP contribution in [0.3, 0.4) is 0 Å². The second-order valence-electron chi connectivity index (χ2n) is 1.44. The van der Waals surface area contributed by atoms with E-state index in [1.165, 1.54) is 0 Å². The maximum Gasteiger partial charge on any atom is 2.00 e. The molecule has 0 aromatic heterocycles. The Bertz CT molecular complexity index is 177. The van der Waals surface area contributed by atoms with Gasteiger partial charge in [0.1, 0.15) is 0 Å². The Hall–Kier alpha value is -0.481. The summed E-state index contributed by atoms with van der Waals surface area (Å²) in [5.74, 6) is -0.667. The molecule has 0 aliphatic rings. The van der Waals surface area contributed by atoms with E-state index in [0.29, 0.717) is 0 Å². The Morgan fingerprint density at radius 3 is 0.800 bits per heavy atom. The van der Waals surface area contributed by atoms with Crippen LogP contribution in [0.15, 0.2) is 0 Å². The summed E-state index contributed by atoms with van der Waals surface area (Å²) in [4.78, 5) is 16.9. The van der Waals surface area contributed by atoms with Crippen LogP contribution >= 0.6 is 0 Å². The predicted octanol–water partition coefficient (Wildman–Crippen LogP) is -5.66. The molecule has 0 aliphatic carbocycles. The third-order valence-electron chi connectivity index (χ3n) is 0. The topological polar surface area (TPSA) is 332 Å². The van der Waals surface area contributed by atoms with Gasteiger partial charge in [0.05, 0.1) is 0 Å². The number of hydrogen-bond donors (Lipinski definition) is 8. The molecule has 0 saturated carbocycles. The molecule has 14 nitrogen and oxygen atoms in total. The third kappa shape index (κ3) is 20700. The van der Waals surface area contributed by atoms with Gasteiger partial charge >= 0.3 is 81.6 Å². The molecule has 0 rings (SSSR count). The van der Waals surface area contributed by atoms with Gasteiger partial charge in [-0.1, -0.05) is 0 Å². The van der Waals surface area contributed by atoms with Crippen LogP contribution in [0.1, 0.15) is 0 Å². The fraction of sp³-hybridized carbons (Fsp3) is 0. The number of carboxylic acid groups (broad SMARTS) is 4. The predicted molar refractivity (Wildman–Crippen MR) is 63.6 cm³/mol. The summed E-state index contributed by atoms with van der Waals surface area (Å²) in [7, 11) is 0. The Kier molecular flexibility index (Phi) is 108. The van der Waals surface area contributed by atoms with Crippen molar-refractivity contribution in [1.29, 1.82) is 10.8 Å². The van der Waals surface area contributed by atoms with Crippen LogP contribution in [0.2, 0.25) is 0 Å². The number of hydrogen-bond acceptors (Lipinski definition) is 8. The largest absolute Gasteiger partial charge is 2.00 e. The number of nitrogens with two attached hydrogens (primary N) is 4. The first-order valence-electron chi connectivity index (χ1n) is 2.92. The first-order chi connectivity index (χ1) is 6.93. The zero-order valence-electron chi connectivity index (χ0n) is 10.1. The van der Waals surface area contributed by atoms with E-state index in [1.807, 2.05) is 0 Å². The summed E-state index contributed by atoms with van der Waals surface area (Å²) < 4.78 is 0. The average molecular weight is 354 g/mol. The van der Waals surface area contributed by atoms with E-state index in [4.69, 9.17) is 40.8 Å². The Morgan fingerprint density at radius 1 is 0.800 bits per heavy atom. The van der Waals surface area contributed by atoms with E-state index >= 15 is 0 Å². The van der Waals surface area contributed by atoms with E-state index in [-0.39, 0.29) is 98.3 Å². The summed E-state index contributed by atoms with van der Waals surface area (Å²) in [5, 5.41) is 42.7. The molecule has 0 amide bonds. The SMILES string of the molecule is N=C(N)N.N=C(N)N.O=C(O)O.O=C([O-])[O-].[Ca+2].[Ca+2].[OH-].[OH-]. The van der Waals surface area contributed by atoms with Gasteiger partial charge in [0, 0.05) is 0 Å². The minimum atomic E-state index is -2.33. The summed E-state index contributed by atoms with van der Waals surface area (Å²) in [6.45, 7) is 0. The van der Waals surface area contributed by atoms with Crippen molar-refractivity contribution in [2.75, 3.05) is 0 Å². The molecule has 0 bridgehead atoms. The second-order valence-corrected chi connectivity index (χ2v) is 1.44. The average Bonchev–Trinajstić information content (AvgIpc) is 1.76. The molecule has 0 aromatic carbocycles. The molecular weight excluding hydrogens is 340 g/mol. The number of carbonyl (C=O) groups is 2. The van der Waals surface area contributed by atoms with E-state index in [1.54, 1.807) is 0 Å². The van der Waals surface area contributed by atoms with Crippen LogP contribution in [0, 0.1) is 10.8 Å². The van der Waals surface area contributed by atoms with Gasteiger partial charge in [0.15, 0.2) is 11.9 Å². The monoisotopic (exact) mass is 354 g/mol. The van der Waals surface area contributed by atoms with Gasteiger partial charge in [-0.05, 0) is 6.16 Å². The molecule has 0 unspecified atom stereocenters. The molecule has 0 heterocycles. The molecule has 0 fully saturated rings. The number of carbonyl (C=O) groups excluding carboxylic acids is 1. The van der Waals surface area contributed by atoms with Crippen molar-refractivity contribution in [2.24, 2.45) is 22.9 Å². The molecule has 112 valence electrons. The smallest absolute Gasteiger partial charge is 0.870 e. The second kappa shape index (κ2) is 42.8. The minimum absolute atomic E-state index is 0. The molecule has 0 saturated heterocycles. The molecule has 0 spiro atoms. The summed E-state index contributed by atoms with van der Waals surface area (Å²) in [6.07, 6.45) is -4.17. The van der Waals surface area contributed by atoms with Crippen LogP contribution in [-0.4, -0.2) is 121 Å². The Balaban J connectivity index is -0.0000000150. The van der Waals surface area contributed by atoms with Crippen molar-refractivity contribution in [3.63, 3.8) is 0 Å². The maximum absolute atomic E-state index is 8.56. The van der Waals surface area contributed by atoms with Crippen LogP contribution in [0.5, 0.6) is 0 Å². The van der Waals surface area contributed by atoms with Crippen molar-refractivity contribution >= 4 is 99.7 Å². The molecule has 0 aromatic rings.